The number of nitrogens with zero attached hydrogens (tertiary/aromatic N) is 2. The number of aliphatic imine (C=N–C) groups is 1. The minimum atomic E-state index is -0.191. The van der Waals surface area contributed by atoms with Crippen molar-refractivity contribution in [2.45, 2.75) is 12.1 Å². The van der Waals surface area contributed by atoms with E-state index in [1.807, 2.05) is 12.1 Å². The minimum Gasteiger partial charge on any atom is -0.473 e. The molecule has 0 radical (unpaired) electrons. The van der Waals surface area contributed by atoms with E-state index in [2.05, 4.69) is 9.98 Å². The molecule has 0 unspecified atom stereocenters. The van der Waals surface area contributed by atoms with Crippen LogP contribution in [0.2, 0.25) is 0 Å². The predicted molar refractivity (Wildman–Crippen MR) is 47.4 cm³/mol. The summed E-state index contributed by atoms with van der Waals surface area (Å²) in [5.41, 5.74) is 0.944. The summed E-state index contributed by atoms with van der Waals surface area (Å²) in [5.74, 6) is 0. The molecule has 0 saturated heterocycles. The van der Waals surface area contributed by atoms with Crippen LogP contribution in [0.15, 0.2) is 29.5 Å². The molecule has 0 spiro atoms. The van der Waals surface area contributed by atoms with Crippen molar-refractivity contribution in [2.24, 2.45) is 4.99 Å². The third kappa shape index (κ3) is 1.53. The Hall–Kier alpha value is -1.42. The fourth-order valence-electron chi connectivity index (χ4n) is 1.34. The molecule has 0 bridgehead atoms. The highest BCUT2D eigenvalue weighted by molar-refractivity contribution is 5.51. The van der Waals surface area contributed by atoms with Gasteiger partial charge in [-0.2, -0.15) is 0 Å². The van der Waals surface area contributed by atoms with E-state index in [-0.39, 0.29) is 18.8 Å². The Kier molecular flexibility index (Phi) is 2.23. The van der Waals surface area contributed by atoms with Gasteiger partial charge in [-0.15, -0.1) is 0 Å². The summed E-state index contributed by atoms with van der Waals surface area (Å²) < 4.78 is 5.25. The molecule has 0 amide bonds. The number of hydrogen-bond donors (Lipinski definition) is 1. The van der Waals surface area contributed by atoms with Crippen LogP contribution in [0.3, 0.4) is 0 Å². The lowest BCUT2D eigenvalue weighted by atomic mass is 10.1. The smallest absolute Gasteiger partial charge is 0.170 e. The van der Waals surface area contributed by atoms with E-state index >= 15 is 0 Å². The van der Waals surface area contributed by atoms with Crippen molar-refractivity contribution in [1.82, 2.24) is 4.98 Å². The minimum absolute atomic E-state index is 0.00391. The lowest BCUT2D eigenvalue weighted by Crippen LogP contribution is -2.17. The van der Waals surface area contributed by atoms with Crippen molar-refractivity contribution in [1.29, 1.82) is 0 Å². The van der Waals surface area contributed by atoms with Crippen LogP contribution in [-0.2, 0) is 4.74 Å². The molecular formula is C9H10N2O2. The van der Waals surface area contributed by atoms with Gasteiger partial charge in [-0.3, -0.25) is 4.98 Å². The van der Waals surface area contributed by atoms with Crippen LogP contribution in [-0.4, -0.2) is 29.1 Å². The first kappa shape index (κ1) is 8.19. The second kappa shape index (κ2) is 3.53. The maximum absolute atomic E-state index is 8.98. The second-order valence-corrected chi connectivity index (χ2v) is 2.85. The second-order valence-electron chi connectivity index (χ2n) is 2.85. The Bertz CT molecular complexity index is 300. The molecule has 2 rings (SSSR count). The maximum Gasteiger partial charge on any atom is 0.170 e. The van der Waals surface area contributed by atoms with E-state index in [0.717, 1.165) is 5.56 Å². The van der Waals surface area contributed by atoms with E-state index in [9.17, 15) is 0 Å². The van der Waals surface area contributed by atoms with Gasteiger partial charge < -0.3 is 9.84 Å². The summed E-state index contributed by atoms with van der Waals surface area (Å²) in [6.07, 6.45) is 4.63. The van der Waals surface area contributed by atoms with Gasteiger partial charge >= 0.3 is 0 Å². The highest BCUT2D eigenvalue weighted by Gasteiger charge is 2.26. The van der Waals surface area contributed by atoms with E-state index in [1.54, 1.807) is 12.4 Å². The SMILES string of the molecule is OC[C@H]1N=CO[C@@H]1c1cccnc1. The van der Waals surface area contributed by atoms with Gasteiger partial charge in [-0.25, -0.2) is 4.99 Å². The van der Waals surface area contributed by atoms with Crippen molar-refractivity contribution in [3.05, 3.63) is 30.1 Å². The number of aliphatic hydroxyl groups is 1. The Labute approximate surface area is 75.9 Å². The summed E-state index contributed by atoms with van der Waals surface area (Å²) in [6, 6.07) is 3.56. The van der Waals surface area contributed by atoms with Crippen LogP contribution >= 0.6 is 0 Å². The van der Waals surface area contributed by atoms with Gasteiger partial charge in [0.25, 0.3) is 0 Å². The summed E-state index contributed by atoms with van der Waals surface area (Å²) in [5, 5.41) is 8.98. The van der Waals surface area contributed by atoms with Crippen molar-refractivity contribution in [2.75, 3.05) is 6.61 Å². The van der Waals surface area contributed by atoms with Gasteiger partial charge in [0, 0.05) is 18.0 Å². The fraction of sp³-hybridized carbons (Fsp3) is 0.333. The van der Waals surface area contributed by atoms with Crippen molar-refractivity contribution in [3.63, 3.8) is 0 Å². The predicted octanol–water partition coefficient (Wildman–Crippen LogP) is 0.542. The molecule has 4 heteroatoms. The summed E-state index contributed by atoms with van der Waals surface area (Å²) in [4.78, 5) is 7.97. The van der Waals surface area contributed by atoms with Gasteiger partial charge in [0.15, 0.2) is 12.5 Å². The summed E-state index contributed by atoms with van der Waals surface area (Å²) in [7, 11) is 0. The molecule has 68 valence electrons. The third-order valence-corrected chi connectivity index (χ3v) is 2.01. The average molecular weight is 178 g/mol. The molecule has 2 atom stereocenters. The van der Waals surface area contributed by atoms with Crippen LogP contribution in [0.4, 0.5) is 0 Å². The molecule has 2 heterocycles. The first-order valence-corrected chi connectivity index (χ1v) is 4.09. The van der Waals surface area contributed by atoms with Crippen LogP contribution in [0, 0.1) is 0 Å². The monoisotopic (exact) mass is 178 g/mol. The first-order chi connectivity index (χ1) is 6.42. The van der Waals surface area contributed by atoms with Crippen molar-refractivity contribution >= 4 is 6.40 Å². The molecule has 1 aliphatic heterocycles. The van der Waals surface area contributed by atoms with Crippen LogP contribution in [0.1, 0.15) is 11.7 Å². The molecule has 0 fully saturated rings. The number of aliphatic hydroxyl groups excluding tert-OH is 1. The van der Waals surface area contributed by atoms with Crippen molar-refractivity contribution < 1.29 is 9.84 Å². The van der Waals surface area contributed by atoms with E-state index in [1.165, 1.54) is 6.40 Å². The highest BCUT2D eigenvalue weighted by atomic mass is 16.5. The first-order valence-electron chi connectivity index (χ1n) is 4.09. The number of rotatable bonds is 2. The molecule has 0 aliphatic carbocycles. The number of hydrogen-bond acceptors (Lipinski definition) is 4. The third-order valence-electron chi connectivity index (χ3n) is 2.01. The Balaban J connectivity index is 2.18. The molecule has 1 N–H and O–H groups in total. The van der Waals surface area contributed by atoms with Gasteiger partial charge in [-0.1, -0.05) is 6.07 Å². The van der Waals surface area contributed by atoms with E-state index < -0.39 is 0 Å². The van der Waals surface area contributed by atoms with Crippen LogP contribution < -0.4 is 0 Å². The highest BCUT2D eigenvalue weighted by Crippen LogP contribution is 2.25. The van der Waals surface area contributed by atoms with Crippen molar-refractivity contribution in [3.8, 4) is 0 Å². The van der Waals surface area contributed by atoms with E-state index in [0.29, 0.717) is 0 Å². The maximum atomic E-state index is 8.98. The fourth-order valence-corrected chi connectivity index (χ4v) is 1.34. The summed E-state index contributed by atoms with van der Waals surface area (Å²) in [6.45, 7) is -0.00391. The zero-order valence-corrected chi connectivity index (χ0v) is 7.00. The topological polar surface area (TPSA) is 54.7 Å². The molecule has 0 aromatic carbocycles. The molecule has 4 nitrogen and oxygen atoms in total. The largest absolute Gasteiger partial charge is 0.473 e. The Morgan fingerprint density at radius 1 is 1.54 bits per heavy atom. The van der Waals surface area contributed by atoms with Crippen LogP contribution in [0.5, 0.6) is 0 Å². The lowest BCUT2D eigenvalue weighted by Gasteiger charge is -2.14. The number of ether oxygens (including phenoxy) is 1. The molecule has 1 aromatic rings. The number of pyridine rings is 1. The molecule has 0 saturated carbocycles. The van der Waals surface area contributed by atoms with Crippen LogP contribution in [0.25, 0.3) is 0 Å². The van der Waals surface area contributed by atoms with E-state index in [4.69, 9.17) is 9.84 Å². The van der Waals surface area contributed by atoms with Gasteiger partial charge in [0.1, 0.15) is 6.04 Å². The zero-order valence-electron chi connectivity index (χ0n) is 7.00. The van der Waals surface area contributed by atoms with Gasteiger partial charge in [0.05, 0.1) is 6.61 Å². The molecular weight excluding hydrogens is 168 g/mol. The zero-order chi connectivity index (χ0) is 9.10. The average Bonchev–Trinajstić information content (AvgIpc) is 2.67. The Morgan fingerprint density at radius 2 is 2.46 bits per heavy atom. The van der Waals surface area contributed by atoms with Gasteiger partial charge in [0.2, 0.25) is 0 Å². The normalized spacial score (nSPS) is 25.9. The lowest BCUT2D eigenvalue weighted by molar-refractivity contribution is 0.155. The molecule has 13 heavy (non-hydrogen) atoms. The standard InChI is InChI=1S/C9H10N2O2/c12-5-8-9(13-6-11-8)7-2-1-3-10-4-7/h1-4,6,8-9,12H,5H2/t8-,9-/m1/s1. The molecule has 1 aromatic heterocycles. The summed E-state index contributed by atoms with van der Waals surface area (Å²) >= 11 is 0. The quantitative estimate of drug-likeness (QED) is 0.719. The Morgan fingerprint density at radius 3 is 3.15 bits per heavy atom. The van der Waals surface area contributed by atoms with Gasteiger partial charge in [-0.05, 0) is 6.07 Å². The molecule has 1 aliphatic rings. The number of aromatic nitrogens is 1.